The van der Waals surface area contributed by atoms with E-state index in [0.717, 1.165) is 11.3 Å². The van der Waals surface area contributed by atoms with E-state index in [0.29, 0.717) is 18.2 Å². The van der Waals surface area contributed by atoms with Gasteiger partial charge in [0.15, 0.2) is 0 Å². The number of hydrogen-bond donors (Lipinski definition) is 1. The van der Waals surface area contributed by atoms with Crippen LogP contribution in [0.4, 0.5) is 5.69 Å². The highest BCUT2D eigenvalue weighted by atomic mass is 16.2. The van der Waals surface area contributed by atoms with Gasteiger partial charge in [-0.3, -0.25) is 9.48 Å². The van der Waals surface area contributed by atoms with Crippen LogP contribution >= 0.6 is 0 Å². The molecule has 0 aliphatic heterocycles. The molecule has 4 heteroatoms. The molecule has 100 valence electrons. The Bertz CT molecular complexity index is 572. The number of rotatable bonds is 4. The van der Waals surface area contributed by atoms with Gasteiger partial charge in [-0.05, 0) is 30.5 Å². The Balaban J connectivity index is 2.24. The van der Waals surface area contributed by atoms with Crippen LogP contribution in [0.15, 0.2) is 36.5 Å². The first kappa shape index (κ1) is 13.3. The lowest BCUT2D eigenvalue weighted by molar-refractivity contribution is 0.101. The molecular weight excluding hydrogens is 238 g/mol. The Morgan fingerprint density at radius 2 is 2.05 bits per heavy atom. The molecule has 2 rings (SSSR count). The van der Waals surface area contributed by atoms with Gasteiger partial charge < -0.3 is 5.32 Å². The van der Waals surface area contributed by atoms with E-state index in [9.17, 15) is 4.79 Å². The van der Waals surface area contributed by atoms with Crippen molar-refractivity contribution in [2.45, 2.75) is 33.2 Å². The van der Waals surface area contributed by atoms with Gasteiger partial charge in [-0.2, -0.15) is 5.10 Å². The lowest BCUT2D eigenvalue weighted by Gasteiger charge is -2.13. The van der Waals surface area contributed by atoms with Gasteiger partial charge in [0.25, 0.3) is 5.91 Å². The summed E-state index contributed by atoms with van der Waals surface area (Å²) in [6.45, 7) is 6.87. The molecule has 2 aromatic rings. The normalized spacial score (nSPS) is 10.7. The summed E-state index contributed by atoms with van der Waals surface area (Å²) in [7, 11) is 0. The highest BCUT2D eigenvalue weighted by molar-refractivity contribution is 6.03. The summed E-state index contributed by atoms with van der Waals surface area (Å²) in [5, 5.41) is 7.08. The Morgan fingerprint density at radius 1 is 1.32 bits per heavy atom. The zero-order valence-electron chi connectivity index (χ0n) is 11.6. The molecule has 19 heavy (non-hydrogen) atoms. The predicted octanol–water partition coefficient (Wildman–Crippen LogP) is 3.28. The van der Waals surface area contributed by atoms with E-state index in [2.05, 4.69) is 24.3 Å². The van der Waals surface area contributed by atoms with Crippen LogP contribution in [-0.4, -0.2) is 15.7 Å². The maximum Gasteiger partial charge on any atom is 0.273 e. The topological polar surface area (TPSA) is 46.9 Å². The fraction of sp³-hybridized carbons (Fsp3) is 0.333. The number of hydrogen-bond acceptors (Lipinski definition) is 2. The molecule has 0 saturated carbocycles. The lowest BCUT2D eigenvalue weighted by Crippen LogP contribution is -2.18. The molecule has 0 fully saturated rings. The second-order valence-electron chi connectivity index (χ2n) is 4.73. The Hall–Kier alpha value is -2.10. The standard InChI is InChI=1S/C15H19N3O/c1-4-18-14(9-10-16-18)15(19)17-13-8-6-5-7-12(13)11(2)3/h5-11H,4H2,1-3H3,(H,17,19). The molecule has 1 heterocycles. The number of nitrogens with zero attached hydrogens (tertiary/aromatic N) is 2. The number of para-hydroxylation sites is 1. The van der Waals surface area contributed by atoms with Crippen molar-refractivity contribution in [1.82, 2.24) is 9.78 Å². The maximum atomic E-state index is 12.3. The van der Waals surface area contributed by atoms with Crippen LogP contribution in [-0.2, 0) is 6.54 Å². The SMILES string of the molecule is CCn1nccc1C(=O)Nc1ccccc1C(C)C. The zero-order chi connectivity index (χ0) is 13.8. The zero-order valence-corrected chi connectivity index (χ0v) is 11.6. The number of benzene rings is 1. The lowest BCUT2D eigenvalue weighted by atomic mass is 10.0. The van der Waals surface area contributed by atoms with E-state index in [1.54, 1.807) is 16.9 Å². The van der Waals surface area contributed by atoms with E-state index in [4.69, 9.17) is 0 Å². The van der Waals surface area contributed by atoms with Gasteiger partial charge in [-0.15, -0.1) is 0 Å². The fourth-order valence-electron chi connectivity index (χ4n) is 2.08. The third-order valence-electron chi connectivity index (χ3n) is 3.08. The highest BCUT2D eigenvalue weighted by Crippen LogP contribution is 2.24. The summed E-state index contributed by atoms with van der Waals surface area (Å²) in [6, 6.07) is 9.62. The Labute approximate surface area is 113 Å². The quantitative estimate of drug-likeness (QED) is 0.913. The van der Waals surface area contributed by atoms with Crippen molar-refractivity contribution in [3.63, 3.8) is 0 Å². The average Bonchev–Trinajstić information content (AvgIpc) is 2.87. The summed E-state index contributed by atoms with van der Waals surface area (Å²) >= 11 is 0. The van der Waals surface area contributed by atoms with Crippen molar-refractivity contribution >= 4 is 11.6 Å². The number of anilines is 1. The largest absolute Gasteiger partial charge is 0.320 e. The van der Waals surface area contributed by atoms with E-state index >= 15 is 0 Å². The maximum absolute atomic E-state index is 12.3. The third kappa shape index (κ3) is 2.84. The second-order valence-corrected chi connectivity index (χ2v) is 4.73. The summed E-state index contributed by atoms with van der Waals surface area (Å²) in [6.07, 6.45) is 1.65. The summed E-state index contributed by atoms with van der Waals surface area (Å²) in [4.78, 5) is 12.3. The van der Waals surface area contributed by atoms with Crippen LogP contribution in [0.3, 0.4) is 0 Å². The van der Waals surface area contributed by atoms with E-state index in [1.165, 1.54) is 0 Å². The van der Waals surface area contributed by atoms with Crippen LogP contribution in [0.2, 0.25) is 0 Å². The molecular formula is C15H19N3O. The molecule has 0 atom stereocenters. The van der Waals surface area contributed by atoms with Crippen molar-refractivity contribution in [2.75, 3.05) is 5.32 Å². The molecule has 0 bridgehead atoms. The van der Waals surface area contributed by atoms with Crippen LogP contribution in [0.5, 0.6) is 0 Å². The Kier molecular flexibility index (Phi) is 4.00. The average molecular weight is 257 g/mol. The number of aromatic nitrogens is 2. The van der Waals surface area contributed by atoms with E-state index in [1.807, 2.05) is 31.2 Å². The van der Waals surface area contributed by atoms with Gasteiger partial charge >= 0.3 is 0 Å². The number of amides is 1. The van der Waals surface area contributed by atoms with Crippen LogP contribution in [0.1, 0.15) is 42.7 Å². The number of carbonyl (C=O) groups is 1. The summed E-state index contributed by atoms with van der Waals surface area (Å²) < 4.78 is 1.69. The third-order valence-corrected chi connectivity index (χ3v) is 3.08. The van der Waals surface area contributed by atoms with Gasteiger partial charge in [0, 0.05) is 18.4 Å². The van der Waals surface area contributed by atoms with Crippen LogP contribution in [0.25, 0.3) is 0 Å². The molecule has 0 radical (unpaired) electrons. The predicted molar refractivity (Wildman–Crippen MR) is 76.4 cm³/mol. The molecule has 0 aliphatic carbocycles. The molecule has 0 aliphatic rings. The number of carbonyl (C=O) groups excluding carboxylic acids is 1. The van der Waals surface area contributed by atoms with Crippen molar-refractivity contribution in [3.05, 3.63) is 47.8 Å². The molecule has 1 aromatic heterocycles. The molecule has 0 spiro atoms. The molecule has 4 nitrogen and oxygen atoms in total. The molecule has 1 N–H and O–H groups in total. The molecule has 0 saturated heterocycles. The van der Waals surface area contributed by atoms with E-state index < -0.39 is 0 Å². The summed E-state index contributed by atoms with van der Waals surface area (Å²) in [5.74, 6) is 0.250. The van der Waals surface area contributed by atoms with Gasteiger partial charge in [0.2, 0.25) is 0 Å². The molecule has 1 aromatic carbocycles. The fourth-order valence-corrected chi connectivity index (χ4v) is 2.08. The monoisotopic (exact) mass is 257 g/mol. The minimum atomic E-state index is -0.118. The molecule has 1 amide bonds. The van der Waals surface area contributed by atoms with Gasteiger partial charge in [-0.1, -0.05) is 32.0 Å². The number of aryl methyl sites for hydroxylation is 1. The van der Waals surface area contributed by atoms with Crippen LogP contribution < -0.4 is 5.32 Å². The Morgan fingerprint density at radius 3 is 2.74 bits per heavy atom. The van der Waals surface area contributed by atoms with Crippen molar-refractivity contribution < 1.29 is 4.79 Å². The van der Waals surface area contributed by atoms with Gasteiger partial charge in [0.05, 0.1) is 0 Å². The smallest absolute Gasteiger partial charge is 0.273 e. The van der Waals surface area contributed by atoms with Crippen molar-refractivity contribution in [3.8, 4) is 0 Å². The first-order valence-electron chi connectivity index (χ1n) is 6.55. The summed E-state index contributed by atoms with van der Waals surface area (Å²) in [5.41, 5.74) is 2.59. The first-order chi connectivity index (χ1) is 9.13. The minimum Gasteiger partial charge on any atom is -0.320 e. The van der Waals surface area contributed by atoms with Crippen molar-refractivity contribution in [1.29, 1.82) is 0 Å². The van der Waals surface area contributed by atoms with Crippen molar-refractivity contribution in [2.24, 2.45) is 0 Å². The van der Waals surface area contributed by atoms with Gasteiger partial charge in [0.1, 0.15) is 5.69 Å². The first-order valence-corrected chi connectivity index (χ1v) is 6.55. The highest BCUT2D eigenvalue weighted by Gasteiger charge is 2.13. The number of nitrogens with one attached hydrogen (secondary N) is 1. The second kappa shape index (κ2) is 5.69. The minimum absolute atomic E-state index is 0.118. The van der Waals surface area contributed by atoms with Gasteiger partial charge in [-0.25, -0.2) is 0 Å². The van der Waals surface area contributed by atoms with Crippen LogP contribution in [0, 0.1) is 0 Å². The van der Waals surface area contributed by atoms with E-state index in [-0.39, 0.29) is 5.91 Å². The molecule has 0 unspecified atom stereocenters.